The summed E-state index contributed by atoms with van der Waals surface area (Å²) in [6.07, 6.45) is -3.08. The topological polar surface area (TPSA) is 67.9 Å². The zero-order valence-electron chi connectivity index (χ0n) is 21.1. The molecule has 1 spiro atoms. The van der Waals surface area contributed by atoms with Crippen LogP contribution in [0.4, 0.5) is 13.2 Å². The Morgan fingerprint density at radius 1 is 1.08 bits per heavy atom. The molecule has 6 nitrogen and oxygen atoms in total. The number of amides is 2. The summed E-state index contributed by atoms with van der Waals surface area (Å²) in [6.45, 7) is 3.17. The van der Waals surface area contributed by atoms with Crippen LogP contribution in [0.2, 0.25) is 0 Å². The lowest BCUT2D eigenvalue weighted by atomic mass is 9.62. The van der Waals surface area contributed by atoms with Crippen molar-refractivity contribution in [1.29, 1.82) is 0 Å². The van der Waals surface area contributed by atoms with E-state index in [1.54, 1.807) is 6.07 Å². The Kier molecular flexibility index (Phi) is 7.83. The van der Waals surface area contributed by atoms with Crippen LogP contribution in [0.1, 0.15) is 49.7 Å². The normalized spacial score (nSPS) is 21.3. The second-order valence-corrected chi connectivity index (χ2v) is 9.82. The SMILES string of the molecule is CCCOc1ccccc1[C@H]1CNC(=O)CC12CCN(C(=O)[C@](OC)(c1ccccc1)C(F)(F)F)CC2. The van der Waals surface area contributed by atoms with Crippen LogP contribution in [-0.2, 0) is 19.9 Å². The number of benzene rings is 2. The summed E-state index contributed by atoms with van der Waals surface area (Å²) < 4.78 is 54.4. The van der Waals surface area contributed by atoms with Crippen molar-refractivity contribution in [2.24, 2.45) is 5.41 Å². The van der Waals surface area contributed by atoms with E-state index in [9.17, 15) is 22.8 Å². The van der Waals surface area contributed by atoms with Crippen LogP contribution in [0, 0.1) is 5.41 Å². The van der Waals surface area contributed by atoms with Crippen LogP contribution >= 0.6 is 0 Å². The number of rotatable bonds is 7. The largest absolute Gasteiger partial charge is 0.493 e. The minimum atomic E-state index is -4.96. The lowest BCUT2D eigenvalue weighted by molar-refractivity contribution is -0.271. The van der Waals surface area contributed by atoms with E-state index in [0.29, 0.717) is 26.0 Å². The van der Waals surface area contributed by atoms with Gasteiger partial charge < -0.3 is 19.7 Å². The number of halogens is 3. The van der Waals surface area contributed by atoms with Gasteiger partial charge in [0.15, 0.2) is 0 Å². The van der Waals surface area contributed by atoms with Crippen molar-refractivity contribution in [2.75, 3.05) is 33.4 Å². The molecule has 2 aliphatic heterocycles. The number of likely N-dealkylation sites (tertiary alicyclic amines) is 1. The highest BCUT2D eigenvalue weighted by Crippen LogP contribution is 2.52. The van der Waals surface area contributed by atoms with Gasteiger partial charge in [0, 0.05) is 44.6 Å². The van der Waals surface area contributed by atoms with E-state index in [1.165, 1.54) is 29.2 Å². The molecule has 2 fully saturated rings. The molecule has 0 bridgehead atoms. The second kappa shape index (κ2) is 10.7. The highest BCUT2D eigenvalue weighted by Gasteiger charge is 2.64. The fraction of sp³-hybridized carbons (Fsp3) is 0.500. The first-order valence-corrected chi connectivity index (χ1v) is 12.6. The molecule has 0 saturated carbocycles. The predicted octanol–water partition coefficient (Wildman–Crippen LogP) is 4.79. The molecule has 9 heteroatoms. The Morgan fingerprint density at radius 2 is 1.73 bits per heavy atom. The summed E-state index contributed by atoms with van der Waals surface area (Å²) in [6, 6.07) is 14.7. The number of alkyl halides is 3. The summed E-state index contributed by atoms with van der Waals surface area (Å²) in [7, 11) is 0.915. The maximum Gasteiger partial charge on any atom is 0.430 e. The van der Waals surface area contributed by atoms with Crippen molar-refractivity contribution < 1.29 is 32.2 Å². The van der Waals surface area contributed by atoms with E-state index in [1.807, 2.05) is 31.2 Å². The number of nitrogens with zero attached hydrogens (tertiary/aromatic N) is 1. The first-order valence-electron chi connectivity index (χ1n) is 12.6. The Morgan fingerprint density at radius 3 is 2.35 bits per heavy atom. The second-order valence-electron chi connectivity index (χ2n) is 9.82. The highest BCUT2D eigenvalue weighted by molar-refractivity contribution is 5.88. The molecule has 0 aromatic heterocycles. The fourth-order valence-electron chi connectivity index (χ4n) is 5.79. The number of piperidine rings is 2. The Hall–Kier alpha value is -3.07. The lowest BCUT2D eigenvalue weighted by Gasteiger charge is -2.50. The van der Waals surface area contributed by atoms with E-state index in [0.717, 1.165) is 24.8 Å². The minimum absolute atomic E-state index is 0.0839. The Bertz CT molecular complexity index is 1100. The van der Waals surface area contributed by atoms with Gasteiger partial charge in [0.1, 0.15) is 5.75 Å². The zero-order valence-corrected chi connectivity index (χ0v) is 21.1. The number of hydrogen-bond donors (Lipinski definition) is 1. The number of carbonyl (C=O) groups is 2. The van der Waals surface area contributed by atoms with Gasteiger partial charge in [-0.15, -0.1) is 0 Å². The van der Waals surface area contributed by atoms with E-state index < -0.39 is 23.1 Å². The average molecular weight is 519 g/mol. The van der Waals surface area contributed by atoms with E-state index in [2.05, 4.69) is 5.32 Å². The summed E-state index contributed by atoms with van der Waals surface area (Å²) in [5, 5.41) is 2.95. The van der Waals surface area contributed by atoms with Crippen molar-refractivity contribution in [2.45, 2.75) is 50.3 Å². The molecular formula is C28H33F3N2O4. The standard InChI is InChI=1S/C28H33F3N2O4/c1-3-17-37-23-12-8-7-11-21(23)22-19-32-24(34)18-26(22)13-15-33(16-14-26)25(35)27(36-2,28(29,30)31)20-9-5-4-6-10-20/h4-12,22H,3,13-19H2,1-2H3,(H,32,34)/t22-,27-/m1/s1. The quantitative estimate of drug-likeness (QED) is 0.572. The monoisotopic (exact) mass is 518 g/mol. The van der Waals surface area contributed by atoms with Gasteiger partial charge in [-0.2, -0.15) is 13.2 Å². The van der Waals surface area contributed by atoms with Crippen molar-refractivity contribution >= 4 is 11.8 Å². The first kappa shape index (κ1) is 27.0. The highest BCUT2D eigenvalue weighted by atomic mass is 19.4. The minimum Gasteiger partial charge on any atom is -0.493 e. The van der Waals surface area contributed by atoms with Crippen LogP contribution in [0.3, 0.4) is 0 Å². The molecule has 37 heavy (non-hydrogen) atoms. The third-order valence-corrected chi connectivity index (χ3v) is 7.74. The predicted molar refractivity (Wildman–Crippen MR) is 132 cm³/mol. The first-order chi connectivity index (χ1) is 17.7. The van der Waals surface area contributed by atoms with Crippen molar-refractivity contribution in [3.8, 4) is 5.75 Å². The van der Waals surface area contributed by atoms with Gasteiger partial charge in [0.2, 0.25) is 5.91 Å². The molecule has 2 aliphatic rings. The molecule has 0 unspecified atom stereocenters. The average Bonchev–Trinajstić information content (AvgIpc) is 2.89. The molecule has 0 aliphatic carbocycles. The summed E-state index contributed by atoms with van der Waals surface area (Å²) in [5.41, 5.74) is -2.87. The third kappa shape index (κ3) is 4.93. The number of ether oxygens (including phenoxy) is 2. The maximum absolute atomic E-state index is 14.5. The number of para-hydroxylation sites is 1. The van der Waals surface area contributed by atoms with Crippen molar-refractivity contribution in [3.63, 3.8) is 0 Å². The fourth-order valence-corrected chi connectivity index (χ4v) is 5.79. The Balaban J connectivity index is 1.62. The lowest BCUT2D eigenvalue weighted by Crippen LogP contribution is -2.60. The number of carbonyl (C=O) groups excluding carboxylic acids is 2. The smallest absolute Gasteiger partial charge is 0.430 e. The van der Waals surface area contributed by atoms with Crippen LogP contribution in [0.15, 0.2) is 54.6 Å². The molecule has 2 aromatic carbocycles. The van der Waals surface area contributed by atoms with Gasteiger partial charge in [0.05, 0.1) is 6.61 Å². The van der Waals surface area contributed by atoms with Gasteiger partial charge in [-0.3, -0.25) is 9.59 Å². The van der Waals surface area contributed by atoms with E-state index in [4.69, 9.17) is 9.47 Å². The molecule has 2 amide bonds. The van der Waals surface area contributed by atoms with E-state index in [-0.39, 0.29) is 36.9 Å². The van der Waals surface area contributed by atoms with Crippen LogP contribution in [-0.4, -0.2) is 56.2 Å². The van der Waals surface area contributed by atoms with Crippen LogP contribution in [0.5, 0.6) is 5.75 Å². The third-order valence-electron chi connectivity index (χ3n) is 7.74. The van der Waals surface area contributed by atoms with Crippen LogP contribution in [0.25, 0.3) is 0 Å². The summed E-state index contributed by atoms with van der Waals surface area (Å²) in [4.78, 5) is 27.3. The number of methoxy groups -OCH3 is 1. The summed E-state index contributed by atoms with van der Waals surface area (Å²) >= 11 is 0. The molecule has 2 atom stereocenters. The number of hydrogen-bond acceptors (Lipinski definition) is 4. The molecule has 4 rings (SSSR count). The van der Waals surface area contributed by atoms with Gasteiger partial charge in [-0.05, 0) is 36.3 Å². The number of nitrogens with one attached hydrogen (secondary N) is 1. The molecule has 1 N–H and O–H groups in total. The molecule has 2 aromatic rings. The van der Waals surface area contributed by atoms with Crippen LogP contribution < -0.4 is 10.1 Å². The molecule has 2 saturated heterocycles. The van der Waals surface area contributed by atoms with Crippen molar-refractivity contribution in [3.05, 3.63) is 65.7 Å². The van der Waals surface area contributed by atoms with Gasteiger partial charge >= 0.3 is 6.18 Å². The van der Waals surface area contributed by atoms with Gasteiger partial charge in [-0.25, -0.2) is 0 Å². The van der Waals surface area contributed by atoms with Crippen molar-refractivity contribution in [1.82, 2.24) is 10.2 Å². The van der Waals surface area contributed by atoms with Gasteiger partial charge in [-0.1, -0.05) is 55.5 Å². The molecule has 200 valence electrons. The van der Waals surface area contributed by atoms with Gasteiger partial charge in [0.25, 0.3) is 11.5 Å². The molecule has 0 radical (unpaired) electrons. The molecule has 2 heterocycles. The molecular weight excluding hydrogens is 485 g/mol. The maximum atomic E-state index is 14.5. The zero-order chi connectivity index (χ0) is 26.7. The Labute approximate surface area is 215 Å². The summed E-state index contributed by atoms with van der Waals surface area (Å²) in [5.74, 6) is -0.553. The van der Waals surface area contributed by atoms with E-state index >= 15 is 0 Å².